The Labute approximate surface area is 150 Å². The summed E-state index contributed by atoms with van der Waals surface area (Å²) < 4.78 is 5.71. The summed E-state index contributed by atoms with van der Waals surface area (Å²) in [6.45, 7) is 3.66. The monoisotopic (exact) mass is 337 g/mol. The van der Waals surface area contributed by atoms with Gasteiger partial charge in [0.15, 0.2) is 0 Å². The van der Waals surface area contributed by atoms with Gasteiger partial charge in [-0.1, -0.05) is 24.8 Å². The molecule has 4 heteroatoms. The van der Waals surface area contributed by atoms with Gasteiger partial charge in [0.1, 0.15) is 5.71 Å². The van der Waals surface area contributed by atoms with Gasteiger partial charge in [-0.05, 0) is 56.2 Å². The first-order valence-electron chi connectivity index (χ1n) is 9.34. The molecular formula is C21H27N3O. The largest absolute Gasteiger partial charge is 0.376 e. The fourth-order valence-electron chi connectivity index (χ4n) is 3.01. The number of hydrogen-bond acceptors (Lipinski definition) is 4. The van der Waals surface area contributed by atoms with Crippen molar-refractivity contribution < 1.29 is 4.74 Å². The second-order valence-electron chi connectivity index (χ2n) is 6.77. The van der Waals surface area contributed by atoms with E-state index in [-0.39, 0.29) is 6.10 Å². The molecule has 2 fully saturated rings. The van der Waals surface area contributed by atoms with Crippen LogP contribution in [-0.4, -0.2) is 31.2 Å². The molecule has 2 aliphatic rings. The SMILES string of the molecule is CCc1cc(C#CC2CC2)ccc1/C(C=NCC1CCCCO1)=N/N. The molecule has 1 aromatic rings. The number of ether oxygens (including phenoxy) is 1. The lowest BCUT2D eigenvalue weighted by atomic mass is 9.98. The van der Waals surface area contributed by atoms with Crippen LogP contribution in [-0.2, 0) is 11.2 Å². The second-order valence-corrected chi connectivity index (χ2v) is 6.77. The van der Waals surface area contributed by atoms with E-state index in [9.17, 15) is 0 Å². The first-order valence-corrected chi connectivity index (χ1v) is 9.34. The van der Waals surface area contributed by atoms with Gasteiger partial charge in [0.2, 0.25) is 0 Å². The number of hydrogen-bond donors (Lipinski definition) is 1. The summed E-state index contributed by atoms with van der Waals surface area (Å²) in [6.07, 6.45) is 8.88. The molecule has 3 rings (SSSR count). The van der Waals surface area contributed by atoms with Gasteiger partial charge in [-0.2, -0.15) is 5.10 Å². The summed E-state index contributed by atoms with van der Waals surface area (Å²) in [5.41, 5.74) is 4.02. The molecule has 0 spiro atoms. The third-order valence-electron chi connectivity index (χ3n) is 4.70. The predicted molar refractivity (Wildman–Crippen MR) is 103 cm³/mol. The lowest BCUT2D eigenvalue weighted by molar-refractivity contribution is 0.0226. The topological polar surface area (TPSA) is 60.0 Å². The fraction of sp³-hybridized carbons (Fsp3) is 0.524. The normalized spacial score (nSPS) is 21.2. The lowest BCUT2D eigenvalue weighted by Gasteiger charge is -2.20. The zero-order valence-electron chi connectivity index (χ0n) is 15.0. The summed E-state index contributed by atoms with van der Waals surface area (Å²) >= 11 is 0. The molecule has 2 N–H and O–H groups in total. The predicted octanol–water partition coefficient (Wildman–Crippen LogP) is 3.31. The Morgan fingerprint density at radius 3 is 2.88 bits per heavy atom. The maximum Gasteiger partial charge on any atom is 0.108 e. The molecule has 0 amide bonds. The minimum atomic E-state index is 0.231. The molecular weight excluding hydrogens is 310 g/mol. The van der Waals surface area contributed by atoms with E-state index < -0.39 is 0 Å². The van der Waals surface area contributed by atoms with Crippen LogP contribution in [0.4, 0.5) is 0 Å². The third-order valence-corrected chi connectivity index (χ3v) is 4.70. The van der Waals surface area contributed by atoms with Gasteiger partial charge in [0.05, 0.1) is 12.6 Å². The van der Waals surface area contributed by atoms with Crippen molar-refractivity contribution in [2.45, 2.75) is 51.6 Å². The van der Waals surface area contributed by atoms with Crippen molar-refractivity contribution in [1.29, 1.82) is 0 Å². The van der Waals surface area contributed by atoms with E-state index in [2.05, 4.69) is 41.0 Å². The van der Waals surface area contributed by atoms with Crippen molar-refractivity contribution in [2.75, 3.05) is 13.2 Å². The zero-order chi connectivity index (χ0) is 17.5. The molecule has 1 saturated heterocycles. The molecule has 1 heterocycles. The molecule has 0 bridgehead atoms. The summed E-state index contributed by atoms with van der Waals surface area (Å²) in [5.74, 6) is 12.8. The maximum atomic E-state index is 5.71. The summed E-state index contributed by atoms with van der Waals surface area (Å²) in [5, 5.41) is 3.95. The van der Waals surface area contributed by atoms with Crippen LogP contribution in [0.2, 0.25) is 0 Å². The van der Waals surface area contributed by atoms with Crippen molar-refractivity contribution >= 4 is 11.9 Å². The minimum absolute atomic E-state index is 0.231. The Morgan fingerprint density at radius 1 is 1.32 bits per heavy atom. The van der Waals surface area contributed by atoms with E-state index in [1.165, 1.54) is 24.8 Å². The summed E-state index contributed by atoms with van der Waals surface area (Å²) in [6, 6.07) is 6.26. The molecule has 1 aliphatic carbocycles. The molecule has 1 atom stereocenters. The van der Waals surface area contributed by atoms with Crippen LogP contribution in [0.3, 0.4) is 0 Å². The van der Waals surface area contributed by atoms with Crippen LogP contribution in [0.25, 0.3) is 0 Å². The molecule has 4 nitrogen and oxygen atoms in total. The first kappa shape index (κ1) is 17.7. The van der Waals surface area contributed by atoms with Crippen LogP contribution < -0.4 is 5.84 Å². The van der Waals surface area contributed by atoms with Crippen LogP contribution in [0, 0.1) is 17.8 Å². The molecule has 1 aliphatic heterocycles. The van der Waals surface area contributed by atoms with Crippen LogP contribution >= 0.6 is 0 Å². The fourth-order valence-corrected chi connectivity index (χ4v) is 3.01. The number of hydrazone groups is 1. The number of aryl methyl sites for hydroxylation is 1. The third kappa shape index (κ3) is 5.17. The maximum absolute atomic E-state index is 5.71. The van der Waals surface area contributed by atoms with E-state index in [0.29, 0.717) is 12.5 Å². The lowest BCUT2D eigenvalue weighted by Crippen LogP contribution is -2.22. The number of nitrogens with two attached hydrogens (primary N) is 1. The van der Waals surface area contributed by atoms with E-state index >= 15 is 0 Å². The Balaban J connectivity index is 1.70. The van der Waals surface area contributed by atoms with Gasteiger partial charge < -0.3 is 10.6 Å². The molecule has 1 aromatic carbocycles. The summed E-state index contributed by atoms with van der Waals surface area (Å²) in [4.78, 5) is 4.52. The highest BCUT2D eigenvalue weighted by molar-refractivity contribution is 6.38. The molecule has 25 heavy (non-hydrogen) atoms. The van der Waals surface area contributed by atoms with E-state index in [0.717, 1.165) is 42.7 Å². The van der Waals surface area contributed by atoms with Crippen molar-refractivity contribution in [3.8, 4) is 11.8 Å². The van der Waals surface area contributed by atoms with Crippen LogP contribution in [0.5, 0.6) is 0 Å². The average molecular weight is 337 g/mol. The highest BCUT2D eigenvalue weighted by Crippen LogP contribution is 2.27. The molecule has 1 unspecified atom stereocenters. The van der Waals surface area contributed by atoms with Crippen molar-refractivity contribution in [3.63, 3.8) is 0 Å². The number of nitrogens with zero attached hydrogens (tertiary/aromatic N) is 2. The van der Waals surface area contributed by atoms with Crippen molar-refractivity contribution in [2.24, 2.45) is 21.9 Å². The quantitative estimate of drug-likeness (QED) is 0.388. The zero-order valence-corrected chi connectivity index (χ0v) is 15.0. The van der Waals surface area contributed by atoms with E-state index in [4.69, 9.17) is 10.6 Å². The highest BCUT2D eigenvalue weighted by atomic mass is 16.5. The first-order chi connectivity index (χ1) is 12.3. The Hall–Kier alpha value is -2.12. The van der Waals surface area contributed by atoms with Crippen LogP contribution in [0.15, 0.2) is 28.3 Å². The van der Waals surface area contributed by atoms with Gasteiger partial charge in [-0.25, -0.2) is 0 Å². The van der Waals surface area contributed by atoms with Gasteiger partial charge in [0.25, 0.3) is 0 Å². The standard InChI is InChI=1S/C21H27N3O/c1-2-18-13-17(9-8-16-6-7-16)10-11-20(18)21(24-22)15-23-14-19-5-3-4-12-25-19/h10-11,13,15-16,19H,2-7,12,14,22H2,1H3/b23-15?,24-21+. The van der Waals surface area contributed by atoms with Gasteiger partial charge in [-0.3, -0.25) is 4.99 Å². The smallest absolute Gasteiger partial charge is 0.108 e. The second kappa shape index (κ2) is 8.82. The highest BCUT2D eigenvalue weighted by Gasteiger charge is 2.18. The molecule has 1 saturated carbocycles. The Bertz CT molecular complexity index is 702. The van der Waals surface area contributed by atoms with Crippen molar-refractivity contribution in [3.05, 3.63) is 34.9 Å². The van der Waals surface area contributed by atoms with Crippen LogP contribution in [0.1, 0.15) is 55.7 Å². The van der Waals surface area contributed by atoms with Crippen molar-refractivity contribution in [1.82, 2.24) is 0 Å². The Morgan fingerprint density at radius 2 is 2.20 bits per heavy atom. The van der Waals surface area contributed by atoms with E-state index in [1.807, 2.05) is 6.07 Å². The number of aliphatic imine (C=N–C) groups is 1. The molecule has 0 radical (unpaired) electrons. The average Bonchev–Trinajstić information content (AvgIpc) is 3.49. The molecule has 132 valence electrons. The minimum Gasteiger partial charge on any atom is -0.376 e. The summed E-state index contributed by atoms with van der Waals surface area (Å²) in [7, 11) is 0. The van der Waals surface area contributed by atoms with E-state index in [1.54, 1.807) is 6.21 Å². The van der Waals surface area contributed by atoms with Gasteiger partial charge in [-0.15, -0.1) is 0 Å². The van der Waals surface area contributed by atoms with Gasteiger partial charge in [0, 0.05) is 29.9 Å². The number of benzene rings is 1. The van der Waals surface area contributed by atoms with Gasteiger partial charge >= 0.3 is 0 Å². The molecule has 0 aromatic heterocycles. The number of rotatable bonds is 5. The Kier molecular flexibility index (Phi) is 6.25.